The molecule has 1 fully saturated rings. The molecule has 0 saturated carbocycles. The molecule has 5 amide bonds. The molecule has 36 heteroatoms. The summed E-state index contributed by atoms with van der Waals surface area (Å²) in [5, 5.41) is 57.7. The largest absolute Gasteiger partial charge is 0.506 e. The van der Waals surface area contributed by atoms with Crippen LogP contribution in [0.4, 0.5) is 0 Å². The number of hydrogen-bond acceptors (Lipinski definition) is 30. The van der Waals surface area contributed by atoms with Crippen LogP contribution in [0.3, 0.4) is 0 Å². The number of hydrogen-bond donors (Lipinski definition) is 8. The minimum Gasteiger partial charge on any atom is -0.506 e. The number of aromatic hydroxyl groups is 1. The number of aromatic nitrogens is 8. The van der Waals surface area contributed by atoms with E-state index in [1.807, 2.05) is 11.0 Å². The van der Waals surface area contributed by atoms with Gasteiger partial charge in [0, 0.05) is 68.6 Å². The third kappa shape index (κ3) is 14.9. The molecule has 31 nitrogen and oxygen atoms in total. The van der Waals surface area contributed by atoms with Crippen LogP contribution in [0, 0.1) is 0 Å². The molecule has 0 aliphatic carbocycles. The molecule has 10 unspecified atom stereocenters. The van der Waals surface area contributed by atoms with E-state index in [1.165, 1.54) is 55.0 Å². The normalized spacial score (nSPS) is 23.4. The van der Waals surface area contributed by atoms with E-state index in [1.54, 1.807) is 75.4 Å². The number of nitrogens with one attached hydrogen (secondary N) is 5. The number of amides is 5. The second-order valence-electron chi connectivity index (χ2n) is 24.9. The molecule has 13 rings (SSSR count). The smallest absolute Gasteiger partial charge is 0.358 e. The number of carbonyl (C=O) groups is 7. The van der Waals surface area contributed by atoms with E-state index in [4.69, 9.17) is 53.2 Å². The lowest BCUT2D eigenvalue weighted by atomic mass is 9.85. The number of allylic oxidation sites excluding steroid dienone is 1. The molecular weight excluding hydrogens is 1430 g/mol. The average Bonchev–Trinajstić information content (AvgIpc) is 1.62. The van der Waals surface area contributed by atoms with Gasteiger partial charge >= 0.3 is 11.9 Å². The Morgan fingerprint density at radius 1 is 0.835 bits per heavy atom. The highest BCUT2D eigenvalue weighted by Gasteiger charge is 2.50. The molecule has 12 bridgehead atoms. The van der Waals surface area contributed by atoms with Crippen molar-refractivity contribution in [1.82, 2.24) is 71.1 Å². The molecule has 1 saturated heterocycles. The van der Waals surface area contributed by atoms with Crippen molar-refractivity contribution < 1.29 is 82.1 Å². The molecule has 10 atom stereocenters. The van der Waals surface area contributed by atoms with Crippen molar-refractivity contribution in [3.63, 3.8) is 0 Å². The number of likely N-dealkylation sites (N-methyl/N-ethyl adjacent to an activating group) is 1. The summed E-state index contributed by atoms with van der Waals surface area (Å²) in [6, 6.07) is 4.99. The average molecular weight is 1500 g/mol. The number of aliphatic hydroxyl groups excluding tert-OH is 1. The van der Waals surface area contributed by atoms with Gasteiger partial charge in [-0.15, -0.1) is 56.7 Å². The van der Waals surface area contributed by atoms with Crippen LogP contribution >= 0.6 is 56.7 Å². The van der Waals surface area contributed by atoms with Crippen molar-refractivity contribution in [3.8, 4) is 38.4 Å². The van der Waals surface area contributed by atoms with E-state index >= 15 is 19.2 Å². The third-order valence-corrected chi connectivity index (χ3v) is 22.1. The number of aryl methyl sites for hydroxylation is 1. The van der Waals surface area contributed by atoms with Crippen molar-refractivity contribution >= 4 is 115 Å². The molecule has 4 aliphatic heterocycles. The minimum atomic E-state index is -1.87. The van der Waals surface area contributed by atoms with E-state index < -0.39 is 116 Å². The highest BCUT2D eigenvalue weighted by atomic mass is 32.1. The van der Waals surface area contributed by atoms with E-state index in [0.29, 0.717) is 28.6 Å². The summed E-state index contributed by atoms with van der Waals surface area (Å²) in [7, 11) is 6.24. The van der Waals surface area contributed by atoms with Crippen LogP contribution in [0.15, 0.2) is 81.5 Å². The Balaban J connectivity index is 0.959. The summed E-state index contributed by atoms with van der Waals surface area (Å²) < 4.78 is 39.4. The Morgan fingerprint density at radius 2 is 1.54 bits per heavy atom. The Bertz CT molecular complexity index is 4790. The van der Waals surface area contributed by atoms with Gasteiger partial charge in [0.25, 0.3) is 17.7 Å². The van der Waals surface area contributed by atoms with E-state index in [0.717, 1.165) is 62.2 Å². The summed E-state index contributed by atoms with van der Waals surface area (Å²) >= 11 is 4.94. The molecular formula is C67H68N14O17S5. The van der Waals surface area contributed by atoms with Gasteiger partial charge in [0.15, 0.2) is 18.1 Å². The van der Waals surface area contributed by atoms with Crippen LogP contribution < -0.4 is 31.4 Å². The maximum atomic E-state index is 15.3. The first-order chi connectivity index (χ1) is 49.4. The predicted octanol–water partition coefficient (Wildman–Crippen LogP) is 5.63. The first-order valence-electron chi connectivity index (χ1n) is 32.1. The van der Waals surface area contributed by atoms with Gasteiger partial charge in [0.2, 0.25) is 11.8 Å². The number of thiazole rings is 5. The number of ether oxygens (including phenoxy) is 6. The molecule has 0 spiro atoms. The van der Waals surface area contributed by atoms with Crippen LogP contribution in [0.2, 0.25) is 0 Å². The van der Waals surface area contributed by atoms with Crippen molar-refractivity contribution in [1.29, 1.82) is 0 Å². The van der Waals surface area contributed by atoms with E-state index in [2.05, 4.69) is 41.5 Å². The summed E-state index contributed by atoms with van der Waals surface area (Å²) in [6.45, 7) is 4.67. The Kier molecular flexibility index (Phi) is 20.9. The van der Waals surface area contributed by atoms with Crippen molar-refractivity contribution in [2.45, 2.75) is 127 Å². The topological polar surface area (TPSA) is 403 Å². The predicted molar refractivity (Wildman–Crippen MR) is 374 cm³/mol. The first kappa shape index (κ1) is 71.8. The van der Waals surface area contributed by atoms with Gasteiger partial charge in [0.1, 0.15) is 121 Å². The molecule has 8 N–H and O–H groups in total. The fourth-order valence-electron chi connectivity index (χ4n) is 12.7. The number of aliphatic hydroxyl groups is 2. The summed E-state index contributed by atoms with van der Waals surface area (Å²) in [6.07, 6.45) is -3.34. The molecule has 9 aromatic rings. The number of carbonyl (C=O) groups excluding carboxylic acids is 7. The van der Waals surface area contributed by atoms with Crippen LogP contribution in [-0.2, 0) is 69.0 Å². The first-order valence-corrected chi connectivity index (χ1v) is 36.5. The number of nitrogens with zero attached hydrogens (tertiary/aromatic N) is 9. The van der Waals surface area contributed by atoms with Gasteiger partial charge in [-0.3, -0.25) is 29.0 Å². The number of pyridine rings is 2. The van der Waals surface area contributed by atoms with Crippen LogP contribution in [0.1, 0.15) is 132 Å². The molecule has 0 radical (unpaired) electrons. The monoisotopic (exact) mass is 1500 g/mol. The van der Waals surface area contributed by atoms with Crippen molar-refractivity contribution in [2.24, 2.45) is 0 Å². The molecule has 538 valence electrons. The zero-order chi connectivity index (χ0) is 72.7. The number of rotatable bonds is 12. The number of benzene rings is 1. The second kappa shape index (κ2) is 30.0. The van der Waals surface area contributed by atoms with Gasteiger partial charge in [-0.05, 0) is 77.5 Å². The van der Waals surface area contributed by atoms with Crippen LogP contribution in [-0.4, -0.2) is 185 Å². The maximum absolute atomic E-state index is 15.3. The lowest BCUT2D eigenvalue weighted by Crippen LogP contribution is -2.62. The van der Waals surface area contributed by atoms with Crippen LogP contribution in [0.25, 0.3) is 49.3 Å². The Hall–Kier alpha value is -9.60. The Labute approximate surface area is 606 Å². The second-order valence-corrected chi connectivity index (χ2v) is 29.3. The highest BCUT2D eigenvalue weighted by molar-refractivity contribution is 7.14. The summed E-state index contributed by atoms with van der Waals surface area (Å²) in [5.41, 5.74) is 0.223. The van der Waals surface area contributed by atoms with Crippen LogP contribution in [0.5, 0.6) is 5.75 Å². The fraction of sp³-hybridized carbons (Fsp3) is 0.373. The molecule has 4 aliphatic rings. The molecule has 12 heterocycles. The van der Waals surface area contributed by atoms with Crippen molar-refractivity contribution in [2.75, 3.05) is 34.9 Å². The van der Waals surface area contributed by atoms with Gasteiger partial charge in [0.05, 0.1) is 55.3 Å². The number of fused-ring (bicyclic) bond motifs is 15. The van der Waals surface area contributed by atoms with Gasteiger partial charge in [-0.2, -0.15) is 4.73 Å². The van der Waals surface area contributed by atoms with Crippen molar-refractivity contribution in [3.05, 3.63) is 142 Å². The SMILES string of the molecule is CO/C(C)=C1/NC(=O)C(C(C)O)NC(=O)c2csc(n2)-c2cc(O)c(-c3nc(CNC(=O)CCc4cccnc4)cs3)nc2-c2csc(n2)C2COC(=O)c3c4c5c(cccc5n3OC)COC(=O)C(OC3CC(C)(O)C(N(C)C)C(C)O3)C(OC4)C(NC(=O)c3csc1n3)c1nc(cs1)C(=O)N2. The summed E-state index contributed by atoms with van der Waals surface area (Å²) in [5.74, 6) is -6.07. The van der Waals surface area contributed by atoms with Gasteiger partial charge < -0.3 is 80.1 Å². The van der Waals surface area contributed by atoms with E-state index in [-0.39, 0.29) is 119 Å². The lowest BCUT2D eigenvalue weighted by Gasteiger charge is -2.48. The molecule has 103 heavy (non-hydrogen) atoms. The maximum Gasteiger partial charge on any atom is 0.358 e. The minimum absolute atomic E-state index is 0.00500. The zero-order valence-corrected chi connectivity index (χ0v) is 60.4. The zero-order valence-electron chi connectivity index (χ0n) is 56.3. The van der Waals surface area contributed by atoms with Gasteiger partial charge in [-0.1, -0.05) is 18.2 Å². The Morgan fingerprint density at radius 3 is 2.28 bits per heavy atom. The lowest BCUT2D eigenvalue weighted by molar-refractivity contribution is -0.280. The number of cyclic esters (lactones) is 2. The van der Waals surface area contributed by atoms with Gasteiger partial charge in [-0.25, -0.2) is 39.5 Å². The number of esters is 2. The quantitative estimate of drug-likeness (QED) is 0.0543. The summed E-state index contributed by atoms with van der Waals surface area (Å²) in [4.78, 5) is 144. The molecule has 1 aromatic carbocycles. The number of methoxy groups -OCH3 is 1. The fourth-order valence-corrected chi connectivity index (χ4v) is 16.9. The third-order valence-electron chi connectivity index (χ3n) is 17.6. The van der Waals surface area contributed by atoms with E-state index in [9.17, 15) is 29.7 Å². The highest BCUT2D eigenvalue weighted by Crippen LogP contribution is 2.43. The molecule has 8 aromatic heterocycles. The standard InChI is InChI=1S/C67H68N14O17S5/c1-29(82)47-59(88)78-48(30(2)92-7)62-74-41(28-102-62)58(87)79-51-53-54(98-45-18-67(4,91)55(80(5)6)31(3)97-45)66(90)95-21-33-12-9-13-42-46(33)36(22-94-53)52(81(42)93-8)65(89)96-23-37(71-56(85)39-27-103-64(51)75-39)61-72-38(25-101-61)49-35(60-73-40(26-100-60)57(86)77-47)17-43(83)50(76-49)63-70-34(24-99-63)20-69-44(84)15-14-32-11-10-16-68-19-32/h9-13,16-17,19,24-29,31,37,45,47,51,53-55,82-83,91H,14-15,18,20-23H2,1-8H3,(H,69,84)(H,71,85)(H,77,86)(H,78,88)(H,79,87)/b48-30+.